The lowest BCUT2D eigenvalue weighted by Crippen LogP contribution is -2.50. The Morgan fingerprint density at radius 3 is 2.31 bits per heavy atom. The summed E-state index contributed by atoms with van der Waals surface area (Å²) in [5.74, 6) is 0. The van der Waals surface area contributed by atoms with Crippen LogP contribution in [0.4, 0.5) is 0 Å². The summed E-state index contributed by atoms with van der Waals surface area (Å²) in [6.45, 7) is 12.8. The molecule has 3 heteroatoms. The Bertz CT molecular complexity index is 200. The van der Waals surface area contributed by atoms with Crippen LogP contribution in [0.3, 0.4) is 0 Å². The molecule has 2 N–H and O–H groups in total. The summed E-state index contributed by atoms with van der Waals surface area (Å²) in [5, 5.41) is 0. The standard InChI is InChI=1S/C13H28N2O/c1-5-6-13(4,9-14)10-15-7-11(2)16-12(3)8-15/h11-12H,5-10,14H2,1-4H3/t11-,12+,13?. The van der Waals surface area contributed by atoms with Crippen molar-refractivity contribution in [3.63, 3.8) is 0 Å². The van der Waals surface area contributed by atoms with Crippen molar-refractivity contribution in [1.82, 2.24) is 4.90 Å². The summed E-state index contributed by atoms with van der Waals surface area (Å²) < 4.78 is 5.75. The fourth-order valence-electron chi connectivity index (χ4n) is 2.80. The maximum Gasteiger partial charge on any atom is 0.0678 e. The molecular weight excluding hydrogens is 200 g/mol. The molecule has 0 amide bonds. The van der Waals surface area contributed by atoms with Gasteiger partial charge in [-0.25, -0.2) is 0 Å². The largest absolute Gasteiger partial charge is 0.373 e. The molecule has 0 aliphatic carbocycles. The van der Waals surface area contributed by atoms with Crippen LogP contribution in [0, 0.1) is 5.41 Å². The van der Waals surface area contributed by atoms with Crippen LogP contribution < -0.4 is 5.73 Å². The van der Waals surface area contributed by atoms with Gasteiger partial charge in [0.2, 0.25) is 0 Å². The van der Waals surface area contributed by atoms with Crippen LogP contribution >= 0.6 is 0 Å². The van der Waals surface area contributed by atoms with Gasteiger partial charge < -0.3 is 10.5 Å². The van der Waals surface area contributed by atoms with Gasteiger partial charge in [-0.3, -0.25) is 4.90 Å². The Morgan fingerprint density at radius 1 is 1.31 bits per heavy atom. The van der Waals surface area contributed by atoms with Gasteiger partial charge in [0.15, 0.2) is 0 Å². The number of nitrogens with two attached hydrogens (primary N) is 1. The topological polar surface area (TPSA) is 38.5 Å². The molecule has 1 aliphatic heterocycles. The van der Waals surface area contributed by atoms with Crippen molar-refractivity contribution in [2.24, 2.45) is 11.1 Å². The number of rotatable bonds is 5. The van der Waals surface area contributed by atoms with Crippen LogP contribution in [0.2, 0.25) is 0 Å². The molecule has 0 aromatic heterocycles. The van der Waals surface area contributed by atoms with E-state index in [9.17, 15) is 0 Å². The average molecular weight is 228 g/mol. The Hall–Kier alpha value is -0.120. The van der Waals surface area contributed by atoms with Crippen molar-refractivity contribution in [3.8, 4) is 0 Å². The third kappa shape index (κ3) is 4.04. The smallest absolute Gasteiger partial charge is 0.0678 e. The molecule has 1 heterocycles. The summed E-state index contributed by atoms with van der Waals surface area (Å²) in [5.41, 5.74) is 6.19. The zero-order valence-corrected chi connectivity index (χ0v) is 11.3. The monoisotopic (exact) mass is 228 g/mol. The molecule has 1 aliphatic rings. The Labute approximate surface area is 100 Å². The minimum absolute atomic E-state index is 0.269. The second-order valence-electron chi connectivity index (χ2n) is 5.72. The van der Waals surface area contributed by atoms with Crippen molar-refractivity contribution in [1.29, 1.82) is 0 Å². The van der Waals surface area contributed by atoms with Gasteiger partial charge in [-0.15, -0.1) is 0 Å². The Kier molecular flexibility index (Phi) is 5.22. The van der Waals surface area contributed by atoms with E-state index in [1.165, 1.54) is 12.8 Å². The Morgan fingerprint density at radius 2 is 1.88 bits per heavy atom. The predicted octanol–water partition coefficient (Wildman–Crippen LogP) is 1.86. The van der Waals surface area contributed by atoms with E-state index >= 15 is 0 Å². The van der Waals surface area contributed by atoms with Crippen molar-refractivity contribution >= 4 is 0 Å². The first-order valence-electron chi connectivity index (χ1n) is 6.57. The van der Waals surface area contributed by atoms with Crippen molar-refractivity contribution in [2.75, 3.05) is 26.2 Å². The van der Waals surface area contributed by atoms with Gasteiger partial charge in [-0.1, -0.05) is 20.3 Å². The van der Waals surface area contributed by atoms with Crippen molar-refractivity contribution < 1.29 is 4.74 Å². The zero-order chi connectivity index (χ0) is 12.2. The van der Waals surface area contributed by atoms with E-state index in [1.807, 2.05) is 0 Å². The summed E-state index contributed by atoms with van der Waals surface area (Å²) >= 11 is 0. The lowest BCUT2D eigenvalue weighted by molar-refractivity contribution is -0.0767. The number of ether oxygens (including phenoxy) is 1. The van der Waals surface area contributed by atoms with Crippen LogP contribution in [-0.4, -0.2) is 43.3 Å². The molecule has 0 radical (unpaired) electrons. The second-order valence-corrected chi connectivity index (χ2v) is 5.72. The van der Waals surface area contributed by atoms with E-state index < -0.39 is 0 Å². The van der Waals surface area contributed by atoms with E-state index in [-0.39, 0.29) is 5.41 Å². The van der Waals surface area contributed by atoms with Gasteiger partial charge in [-0.2, -0.15) is 0 Å². The van der Waals surface area contributed by atoms with Crippen LogP contribution in [0.25, 0.3) is 0 Å². The number of morpholine rings is 1. The molecule has 3 nitrogen and oxygen atoms in total. The predicted molar refractivity (Wildman–Crippen MR) is 68.5 cm³/mol. The molecule has 0 aromatic carbocycles. The molecule has 96 valence electrons. The van der Waals surface area contributed by atoms with E-state index in [4.69, 9.17) is 10.5 Å². The van der Waals surface area contributed by atoms with E-state index in [1.54, 1.807) is 0 Å². The minimum atomic E-state index is 0.269. The lowest BCUT2D eigenvalue weighted by Gasteiger charge is -2.40. The normalized spacial score (nSPS) is 31.3. The highest BCUT2D eigenvalue weighted by molar-refractivity contribution is 4.82. The number of hydrogen-bond donors (Lipinski definition) is 1. The molecule has 1 rings (SSSR count). The lowest BCUT2D eigenvalue weighted by atomic mass is 9.85. The van der Waals surface area contributed by atoms with Gasteiger partial charge in [0, 0.05) is 19.6 Å². The molecule has 0 saturated carbocycles. The summed E-state index contributed by atoms with van der Waals surface area (Å²) in [6.07, 6.45) is 3.13. The summed E-state index contributed by atoms with van der Waals surface area (Å²) in [6, 6.07) is 0. The molecule has 1 unspecified atom stereocenters. The maximum absolute atomic E-state index is 5.92. The van der Waals surface area contributed by atoms with Crippen LogP contribution in [0.1, 0.15) is 40.5 Å². The number of hydrogen-bond acceptors (Lipinski definition) is 3. The fraction of sp³-hybridized carbons (Fsp3) is 1.00. The highest BCUT2D eigenvalue weighted by Gasteiger charge is 2.29. The SMILES string of the molecule is CCCC(C)(CN)CN1C[C@@H](C)O[C@@H](C)C1. The molecule has 3 atom stereocenters. The second kappa shape index (κ2) is 5.99. The average Bonchev–Trinajstić information content (AvgIpc) is 2.16. The van der Waals surface area contributed by atoms with Gasteiger partial charge >= 0.3 is 0 Å². The van der Waals surface area contributed by atoms with Gasteiger partial charge in [0.25, 0.3) is 0 Å². The van der Waals surface area contributed by atoms with Crippen LogP contribution in [-0.2, 0) is 4.74 Å². The first kappa shape index (κ1) is 13.9. The third-order valence-electron chi connectivity index (χ3n) is 3.45. The van der Waals surface area contributed by atoms with Gasteiger partial charge in [0.1, 0.15) is 0 Å². The van der Waals surface area contributed by atoms with Gasteiger partial charge in [0.05, 0.1) is 12.2 Å². The van der Waals surface area contributed by atoms with E-state index in [0.717, 1.165) is 26.2 Å². The molecule has 0 aromatic rings. The summed E-state index contributed by atoms with van der Waals surface area (Å²) in [4.78, 5) is 2.52. The van der Waals surface area contributed by atoms with Crippen LogP contribution in [0.5, 0.6) is 0 Å². The third-order valence-corrected chi connectivity index (χ3v) is 3.45. The fourth-order valence-corrected chi connectivity index (χ4v) is 2.80. The highest BCUT2D eigenvalue weighted by atomic mass is 16.5. The Balaban J connectivity index is 2.50. The molecule has 1 fully saturated rings. The molecular formula is C13H28N2O. The first-order valence-corrected chi connectivity index (χ1v) is 6.57. The van der Waals surface area contributed by atoms with Crippen molar-refractivity contribution in [2.45, 2.75) is 52.7 Å². The van der Waals surface area contributed by atoms with E-state index in [2.05, 4.69) is 32.6 Å². The van der Waals surface area contributed by atoms with Crippen LogP contribution in [0.15, 0.2) is 0 Å². The first-order chi connectivity index (χ1) is 7.49. The number of nitrogens with zero attached hydrogens (tertiary/aromatic N) is 1. The molecule has 16 heavy (non-hydrogen) atoms. The molecule has 0 spiro atoms. The maximum atomic E-state index is 5.92. The zero-order valence-electron chi connectivity index (χ0n) is 11.3. The minimum Gasteiger partial charge on any atom is -0.373 e. The van der Waals surface area contributed by atoms with Crippen molar-refractivity contribution in [3.05, 3.63) is 0 Å². The quantitative estimate of drug-likeness (QED) is 0.780. The summed E-state index contributed by atoms with van der Waals surface area (Å²) in [7, 11) is 0. The highest BCUT2D eigenvalue weighted by Crippen LogP contribution is 2.25. The van der Waals surface area contributed by atoms with E-state index in [0.29, 0.717) is 12.2 Å². The molecule has 1 saturated heterocycles. The van der Waals surface area contributed by atoms with Gasteiger partial charge in [-0.05, 0) is 32.2 Å². The molecule has 0 bridgehead atoms.